The van der Waals surface area contributed by atoms with E-state index in [1.54, 1.807) is 7.05 Å². The van der Waals surface area contributed by atoms with Gasteiger partial charge < -0.3 is 15.2 Å². The summed E-state index contributed by atoms with van der Waals surface area (Å²) >= 11 is 1.50. The zero-order valence-corrected chi connectivity index (χ0v) is 11.1. The van der Waals surface area contributed by atoms with E-state index in [0.717, 1.165) is 0 Å². The monoisotopic (exact) mass is 258 g/mol. The van der Waals surface area contributed by atoms with E-state index in [4.69, 9.17) is 9.84 Å². The molecule has 0 bridgehead atoms. The minimum absolute atomic E-state index is 0.163. The van der Waals surface area contributed by atoms with E-state index in [2.05, 4.69) is 20.3 Å². The Hall–Kier alpha value is -1.08. The molecule has 96 valence electrons. The van der Waals surface area contributed by atoms with Gasteiger partial charge in [0.25, 0.3) is 0 Å². The second-order valence-electron chi connectivity index (χ2n) is 3.35. The summed E-state index contributed by atoms with van der Waals surface area (Å²) < 4.78 is 5.27. The number of nitrogens with zero attached hydrogens (tertiary/aromatic N) is 3. The molecule has 0 aromatic carbocycles. The Morgan fingerprint density at radius 2 is 2.18 bits per heavy atom. The van der Waals surface area contributed by atoms with Crippen LogP contribution in [0.2, 0.25) is 0 Å². The normalized spacial score (nSPS) is 12.2. The molecule has 1 aromatic rings. The standard InChI is InChI=1S/C10H18N4O2S/c1-4-16-9-12-8(11-3)13-10(14-9)17-7(2)5-6-15/h7,15H,4-6H2,1-3H3,(H,11,12,13,14). The molecule has 6 nitrogen and oxygen atoms in total. The Morgan fingerprint density at radius 3 is 2.76 bits per heavy atom. The van der Waals surface area contributed by atoms with Crippen LogP contribution >= 0.6 is 11.8 Å². The van der Waals surface area contributed by atoms with Crippen LogP contribution in [0, 0.1) is 0 Å². The summed E-state index contributed by atoms with van der Waals surface area (Å²) in [6.45, 7) is 4.58. The van der Waals surface area contributed by atoms with Crippen molar-refractivity contribution in [3.05, 3.63) is 0 Å². The molecule has 1 heterocycles. The van der Waals surface area contributed by atoms with Crippen LogP contribution < -0.4 is 10.1 Å². The van der Waals surface area contributed by atoms with Crippen LogP contribution in [0.1, 0.15) is 20.3 Å². The first-order valence-corrected chi connectivity index (χ1v) is 6.41. The van der Waals surface area contributed by atoms with Crippen LogP contribution in [0.25, 0.3) is 0 Å². The minimum Gasteiger partial charge on any atom is -0.464 e. The van der Waals surface area contributed by atoms with Gasteiger partial charge in [-0.25, -0.2) is 0 Å². The van der Waals surface area contributed by atoms with E-state index in [9.17, 15) is 0 Å². The Kier molecular flexibility index (Phi) is 5.99. The minimum atomic E-state index is 0.163. The molecule has 0 amide bonds. The zero-order chi connectivity index (χ0) is 12.7. The number of ether oxygens (including phenoxy) is 1. The van der Waals surface area contributed by atoms with Gasteiger partial charge in [-0.2, -0.15) is 15.0 Å². The first kappa shape index (κ1) is 14.0. The fourth-order valence-electron chi connectivity index (χ4n) is 1.12. The Labute approximate surface area is 105 Å². The van der Waals surface area contributed by atoms with Crippen molar-refractivity contribution in [2.24, 2.45) is 0 Å². The average molecular weight is 258 g/mol. The highest BCUT2D eigenvalue weighted by Crippen LogP contribution is 2.23. The molecule has 1 atom stereocenters. The fourth-order valence-corrected chi connectivity index (χ4v) is 1.97. The summed E-state index contributed by atoms with van der Waals surface area (Å²) in [4.78, 5) is 12.5. The second-order valence-corrected chi connectivity index (χ2v) is 4.75. The Morgan fingerprint density at radius 1 is 1.41 bits per heavy atom. The number of thioether (sulfide) groups is 1. The lowest BCUT2D eigenvalue weighted by Crippen LogP contribution is -2.07. The summed E-state index contributed by atoms with van der Waals surface area (Å²) in [5.41, 5.74) is 0. The van der Waals surface area contributed by atoms with E-state index in [-0.39, 0.29) is 11.9 Å². The van der Waals surface area contributed by atoms with E-state index < -0.39 is 0 Å². The molecule has 7 heteroatoms. The van der Waals surface area contributed by atoms with Gasteiger partial charge in [-0.3, -0.25) is 0 Å². The molecule has 0 aliphatic carbocycles. The highest BCUT2D eigenvalue weighted by Gasteiger charge is 2.10. The van der Waals surface area contributed by atoms with E-state index >= 15 is 0 Å². The highest BCUT2D eigenvalue weighted by atomic mass is 32.2. The van der Waals surface area contributed by atoms with Crippen molar-refractivity contribution in [3.63, 3.8) is 0 Å². The third-order valence-corrected chi connectivity index (χ3v) is 2.97. The predicted molar refractivity (Wildman–Crippen MR) is 67.6 cm³/mol. The zero-order valence-electron chi connectivity index (χ0n) is 10.3. The summed E-state index contributed by atoms with van der Waals surface area (Å²) in [6, 6.07) is 0.325. The van der Waals surface area contributed by atoms with Gasteiger partial charge in [0.15, 0.2) is 5.16 Å². The van der Waals surface area contributed by atoms with Crippen LogP contribution in [0.15, 0.2) is 5.16 Å². The number of aromatic nitrogens is 3. The van der Waals surface area contributed by atoms with Gasteiger partial charge in [0.1, 0.15) is 0 Å². The van der Waals surface area contributed by atoms with Crippen LogP contribution in [0.4, 0.5) is 5.95 Å². The van der Waals surface area contributed by atoms with Crippen molar-refractivity contribution < 1.29 is 9.84 Å². The van der Waals surface area contributed by atoms with Crippen molar-refractivity contribution in [1.82, 2.24) is 15.0 Å². The first-order chi connectivity index (χ1) is 8.19. The number of nitrogens with one attached hydrogen (secondary N) is 1. The number of hydrogen-bond acceptors (Lipinski definition) is 7. The molecule has 0 fully saturated rings. The largest absolute Gasteiger partial charge is 0.464 e. The molecule has 0 spiro atoms. The third-order valence-electron chi connectivity index (χ3n) is 1.93. The fraction of sp³-hybridized carbons (Fsp3) is 0.700. The smallest absolute Gasteiger partial charge is 0.322 e. The van der Waals surface area contributed by atoms with Crippen molar-refractivity contribution in [1.29, 1.82) is 0 Å². The average Bonchev–Trinajstić information content (AvgIpc) is 2.29. The lowest BCUT2D eigenvalue weighted by molar-refractivity contribution is 0.288. The molecule has 0 saturated carbocycles. The maximum Gasteiger partial charge on any atom is 0.322 e. The summed E-state index contributed by atoms with van der Waals surface area (Å²) in [7, 11) is 1.75. The summed E-state index contributed by atoms with van der Waals surface area (Å²) in [5, 5.41) is 12.6. The van der Waals surface area contributed by atoms with Gasteiger partial charge in [-0.05, 0) is 13.3 Å². The van der Waals surface area contributed by atoms with Gasteiger partial charge in [0.05, 0.1) is 6.61 Å². The number of aliphatic hydroxyl groups excluding tert-OH is 1. The van der Waals surface area contributed by atoms with Crippen LogP contribution in [0.3, 0.4) is 0 Å². The topological polar surface area (TPSA) is 80.2 Å². The predicted octanol–water partition coefficient (Wildman–Crippen LogP) is 1.17. The van der Waals surface area contributed by atoms with E-state index in [1.165, 1.54) is 11.8 Å². The SMILES string of the molecule is CCOc1nc(NC)nc(SC(C)CCO)n1. The van der Waals surface area contributed by atoms with Gasteiger partial charge >= 0.3 is 6.01 Å². The third kappa shape index (κ3) is 4.74. The molecule has 0 aliphatic heterocycles. The number of rotatable bonds is 7. The molecule has 1 rings (SSSR count). The van der Waals surface area contributed by atoms with Crippen LogP contribution in [-0.2, 0) is 0 Å². The number of anilines is 1. The lowest BCUT2D eigenvalue weighted by atomic mass is 10.4. The summed E-state index contributed by atoms with van der Waals surface area (Å²) in [6.07, 6.45) is 0.704. The van der Waals surface area contributed by atoms with Crippen molar-refractivity contribution >= 4 is 17.7 Å². The molecule has 2 N–H and O–H groups in total. The van der Waals surface area contributed by atoms with Crippen LogP contribution in [-0.4, -0.2) is 45.6 Å². The molecule has 17 heavy (non-hydrogen) atoms. The molecule has 0 radical (unpaired) electrons. The van der Waals surface area contributed by atoms with Gasteiger partial charge in [0, 0.05) is 18.9 Å². The van der Waals surface area contributed by atoms with E-state index in [1.807, 2.05) is 13.8 Å². The van der Waals surface area contributed by atoms with Crippen LogP contribution in [0.5, 0.6) is 6.01 Å². The van der Waals surface area contributed by atoms with Crippen molar-refractivity contribution in [2.45, 2.75) is 30.7 Å². The van der Waals surface area contributed by atoms with Gasteiger partial charge in [0.2, 0.25) is 5.95 Å². The maximum absolute atomic E-state index is 8.85. The maximum atomic E-state index is 8.85. The van der Waals surface area contributed by atoms with Crippen molar-refractivity contribution in [2.75, 3.05) is 25.6 Å². The molecular weight excluding hydrogens is 240 g/mol. The lowest BCUT2D eigenvalue weighted by Gasteiger charge is -2.10. The Balaban J connectivity index is 2.79. The van der Waals surface area contributed by atoms with E-state index in [0.29, 0.717) is 30.1 Å². The molecular formula is C10H18N4O2S. The highest BCUT2D eigenvalue weighted by molar-refractivity contribution is 7.99. The molecule has 0 aliphatic rings. The molecule has 1 aromatic heterocycles. The molecule has 0 saturated heterocycles. The number of hydrogen-bond donors (Lipinski definition) is 2. The summed E-state index contributed by atoms with van der Waals surface area (Å²) in [5.74, 6) is 0.488. The second kappa shape index (κ2) is 7.29. The number of aliphatic hydroxyl groups is 1. The first-order valence-electron chi connectivity index (χ1n) is 5.53. The molecule has 1 unspecified atom stereocenters. The van der Waals surface area contributed by atoms with Gasteiger partial charge in [-0.15, -0.1) is 0 Å². The Bertz CT molecular complexity index is 351. The van der Waals surface area contributed by atoms with Crippen molar-refractivity contribution in [3.8, 4) is 6.01 Å². The van der Waals surface area contributed by atoms with Gasteiger partial charge in [-0.1, -0.05) is 18.7 Å². The quantitative estimate of drug-likeness (QED) is 0.711.